The highest BCUT2D eigenvalue weighted by atomic mass is 16.5. The molecule has 0 unspecified atom stereocenters. The molecule has 0 fully saturated rings. The van der Waals surface area contributed by atoms with Gasteiger partial charge in [-0.1, -0.05) is 26.0 Å². The number of benzene rings is 1. The van der Waals surface area contributed by atoms with E-state index in [0.717, 1.165) is 19.4 Å². The van der Waals surface area contributed by atoms with Crippen LogP contribution in [-0.4, -0.2) is 44.7 Å². The third kappa shape index (κ3) is 7.14. The Morgan fingerprint density at radius 2 is 1.90 bits per heavy atom. The highest BCUT2D eigenvalue weighted by Crippen LogP contribution is 2.19. The molecule has 0 atom stereocenters. The molecular formula is C17H27NO3. The molecule has 0 aliphatic heterocycles. The van der Waals surface area contributed by atoms with Crippen LogP contribution in [0.15, 0.2) is 24.3 Å². The molecule has 0 aliphatic rings. The summed E-state index contributed by atoms with van der Waals surface area (Å²) in [5.41, 5.74) is 0.506. The number of hydrogen-bond acceptors (Lipinski definition) is 4. The van der Waals surface area contributed by atoms with Gasteiger partial charge < -0.3 is 14.4 Å². The van der Waals surface area contributed by atoms with Crippen molar-refractivity contribution in [2.24, 2.45) is 5.92 Å². The predicted octanol–water partition coefficient (Wildman–Crippen LogP) is 3.22. The second kappa shape index (κ2) is 9.40. The molecule has 0 spiro atoms. The van der Waals surface area contributed by atoms with E-state index in [0.29, 0.717) is 30.4 Å². The van der Waals surface area contributed by atoms with Crippen molar-refractivity contribution in [3.63, 3.8) is 0 Å². The quantitative estimate of drug-likeness (QED) is 0.517. The molecule has 0 aromatic heterocycles. The van der Waals surface area contributed by atoms with Crippen LogP contribution in [0.25, 0.3) is 0 Å². The number of nitrogens with zero attached hydrogens (tertiary/aromatic N) is 1. The molecule has 0 heterocycles. The summed E-state index contributed by atoms with van der Waals surface area (Å²) in [6.07, 6.45) is 1.79. The van der Waals surface area contributed by atoms with E-state index in [9.17, 15) is 4.79 Å². The highest BCUT2D eigenvalue weighted by Gasteiger charge is 2.13. The first-order valence-electron chi connectivity index (χ1n) is 7.54. The molecule has 0 bridgehead atoms. The molecule has 0 radical (unpaired) electrons. The Balaban J connectivity index is 2.51. The monoisotopic (exact) mass is 293 g/mol. The lowest BCUT2D eigenvalue weighted by Crippen LogP contribution is -2.16. The molecule has 0 saturated carbocycles. The standard InChI is InChI=1S/C17H27NO3/c1-14(2)10-13-21-17(19)15-8-5-6-9-16(15)20-12-7-11-18(3)4/h5-6,8-9,14H,7,10-13H2,1-4H3. The lowest BCUT2D eigenvalue weighted by atomic mass is 10.1. The largest absolute Gasteiger partial charge is 0.493 e. The minimum atomic E-state index is -0.307. The first-order chi connectivity index (χ1) is 10.0. The first kappa shape index (κ1) is 17.5. The average Bonchev–Trinajstić information content (AvgIpc) is 2.43. The van der Waals surface area contributed by atoms with Gasteiger partial charge in [-0.3, -0.25) is 0 Å². The number of rotatable bonds is 9. The Morgan fingerprint density at radius 1 is 1.19 bits per heavy atom. The zero-order valence-electron chi connectivity index (χ0n) is 13.6. The molecule has 4 heteroatoms. The van der Waals surface area contributed by atoms with Crippen LogP contribution in [0.4, 0.5) is 0 Å². The SMILES string of the molecule is CC(C)CCOC(=O)c1ccccc1OCCCN(C)C. The average molecular weight is 293 g/mol. The van der Waals surface area contributed by atoms with Crippen LogP contribution in [0.3, 0.4) is 0 Å². The van der Waals surface area contributed by atoms with E-state index in [4.69, 9.17) is 9.47 Å². The van der Waals surface area contributed by atoms with Gasteiger partial charge in [0.2, 0.25) is 0 Å². The number of carbonyl (C=O) groups is 1. The fourth-order valence-corrected chi connectivity index (χ4v) is 1.79. The van der Waals surface area contributed by atoms with E-state index in [2.05, 4.69) is 18.7 Å². The van der Waals surface area contributed by atoms with Crippen molar-refractivity contribution in [3.8, 4) is 5.75 Å². The summed E-state index contributed by atoms with van der Waals surface area (Å²) < 4.78 is 11.0. The van der Waals surface area contributed by atoms with Crippen LogP contribution in [0.1, 0.15) is 37.0 Å². The molecule has 0 aliphatic carbocycles. The normalized spacial score (nSPS) is 11.0. The lowest BCUT2D eigenvalue weighted by Gasteiger charge is -2.13. The van der Waals surface area contributed by atoms with Gasteiger partial charge in [0.25, 0.3) is 0 Å². The van der Waals surface area contributed by atoms with Crippen molar-refractivity contribution in [2.75, 3.05) is 33.9 Å². The fourth-order valence-electron chi connectivity index (χ4n) is 1.79. The van der Waals surface area contributed by atoms with Crippen LogP contribution in [-0.2, 0) is 4.74 Å². The van der Waals surface area contributed by atoms with Crippen molar-refractivity contribution >= 4 is 5.97 Å². The maximum absolute atomic E-state index is 12.1. The summed E-state index contributed by atoms with van der Waals surface area (Å²) in [4.78, 5) is 14.2. The molecule has 21 heavy (non-hydrogen) atoms. The Hall–Kier alpha value is -1.55. The molecule has 4 nitrogen and oxygen atoms in total. The summed E-state index contributed by atoms with van der Waals surface area (Å²) in [7, 11) is 4.06. The number of para-hydroxylation sites is 1. The summed E-state index contributed by atoms with van der Waals surface area (Å²) in [6, 6.07) is 7.26. The van der Waals surface area contributed by atoms with E-state index >= 15 is 0 Å². The molecule has 0 saturated heterocycles. The highest BCUT2D eigenvalue weighted by molar-refractivity contribution is 5.92. The van der Waals surface area contributed by atoms with Crippen molar-refractivity contribution in [1.82, 2.24) is 4.90 Å². The Kier molecular flexibility index (Phi) is 7.83. The summed E-state index contributed by atoms with van der Waals surface area (Å²) >= 11 is 0. The van der Waals surface area contributed by atoms with Gasteiger partial charge in [0.15, 0.2) is 0 Å². The summed E-state index contributed by atoms with van der Waals surface area (Å²) in [6.45, 7) is 6.21. The fraction of sp³-hybridized carbons (Fsp3) is 0.588. The Morgan fingerprint density at radius 3 is 2.57 bits per heavy atom. The van der Waals surface area contributed by atoms with Crippen LogP contribution < -0.4 is 4.74 Å². The number of esters is 1. The Bertz CT molecular complexity index is 430. The van der Waals surface area contributed by atoms with Crippen LogP contribution in [0.2, 0.25) is 0 Å². The second-order valence-corrected chi connectivity index (χ2v) is 5.82. The first-order valence-corrected chi connectivity index (χ1v) is 7.54. The molecule has 1 rings (SSSR count). The minimum absolute atomic E-state index is 0.307. The molecule has 118 valence electrons. The van der Waals surface area contributed by atoms with Gasteiger partial charge in [0, 0.05) is 6.54 Å². The minimum Gasteiger partial charge on any atom is -0.493 e. The van der Waals surface area contributed by atoms with Gasteiger partial charge in [0.1, 0.15) is 11.3 Å². The van der Waals surface area contributed by atoms with Gasteiger partial charge in [-0.15, -0.1) is 0 Å². The van der Waals surface area contributed by atoms with Crippen molar-refractivity contribution in [2.45, 2.75) is 26.7 Å². The maximum atomic E-state index is 12.1. The third-order valence-corrected chi connectivity index (χ3v) is 3.04. The van der Waals surface area contributed by atoms with Gasteiger partial charge >= 0.3 is 5.97 Å². The van der Waals surface area contributed by atoms with E-state index < -0.39 is 0 Å². The summed E-state index contributed by atoms with van der Waals surface area (Å²) in [5.74, 6) is 0.819. The molecule has 0 amide bonds. The topological polar surface area (TPSA) is 38.8 Å². The molecule has 1 aromatic carbocycles. The third-order valence-electron chi connectivity index (χ3n) is 3.04. The lowest BCUT2D eigenvalue weighted by molar-refractivity contribution is 0.0483. The zero-order valence-corrected chi connectivity index (χ0v) is 13.6. The van der Waals surface area contributed by atoms with Crippen LogP contribution >= 0.6 is 0 Å². The van der Waals surface area contributed by atoms with Gasteiger partial charge in [0.05, 0.1) is 13.2 Å². The number of hydrogen-bond donors (Lipinski definition) is 0. The van der Waals surface area contributed by atoms with Crippen molar-refractivity contribution < 1.29 is 14.3 Å². The molecule has 1 aromatic rings. The van der Waals surface area contributed by atoms with E-state index in [1.165, 1.54) is 0 Å². The van der Waals surface area contributed by atoms with E-state index in [-0.39, 0.29) is 5.97 Å². The predicted molar refractivity (Wildman–Crippen MR) is 84.8 cm³/mol. The second-order valence-electron chi connectivity index (χ2n) is 5.82. The van der Waals surface area contributed by atoms with Crippen LogP contribution in [0.5, 0.6) is 5.75 Å². The number of carbonyl (C=O) groups excluding carboxylic acids is 1. The van der Waals surface area contributed by atoms with Crippen LogP contribution in [0, 0.1) is 5.92 Å². The summed E-state index contributed by atoms with van der Waals surface area (Å²) in [5, 5.41) is 0. The Labute approximate surface area is 128 Å². The smallest absolute Gasteiger partial charge is 0.341 e. The van der Waals surface area contributed by atoms with Crippen molar-refractivity contribution in [1.29, 1.82) is 0 Å². The van der Waals surface area contributed by atoms with Crippen molar-refractivity contribution in [3.05, 3.63) is 29.8 Å². The van der Waals surface area contributed by atoms with E-state index in [1.54, 1.807) is 6.07 Å². The maximum Gasteiger partial charge on any atom is 0.341 e. The molecular weight excluding hydrogens is 266 g/mol. The number of ether oxygens (including phenoxy) is 2. The van der Waals surface area contributed by atoms with Gasteiger partial charge in [-0.25, -0.2) is 4.79 Å². The van der Waals surface area contributed by atoms with Gasteiger partial charge in [-0.05, 0) is 45.0 Å². The van der Waals surface area contributed by atoms with Gasteiger partial charge in [-0.2, -0.15) is 0 Å². The van der Waals surface area contributed by atoms with E-state index in [1.807, 2.05) is 32.3 Å². The molecule has 0 N–H and O–H groups in total. The zero-order chi connectivity index (χ0) is 15.7.